The molecule has 0 aromatic carbocycles. The van der Waals surface area contributed by atoms with Gasteiger partial charge in [0.25, 0.3) is 5.43 Å². The Morgan fingerprint density at radius 1 is 1.59 bits per heavy atom. The van der Waals surface area contributed by atoms with Gasteiger partial charge in [0.2, 0.25) is 0 Å². The van der Waals surface area contributed by atoms with Gasteiger partial charge < -0.3 is 4.57 Å². The van der Waals surface area contributed by atoms with Crippen LogP contribution in [0.1, 0.15) is 13.3 Å². The molecular formula is C10H13BrN2O3S. The highest BCUT2D eigenvalue weighted by molar-refractivity contribution is 9.10. The third kappa shape index (κ3) is 3.57. The van der Waals surface area contributed by atoms with Crippen molar-refractivity contribution in [3.05, 3.63) is 37.2 Å². The Labute approximate surface area is 113 Å². The summed E-state index contributed by atoms with van der Waals surface area (Å²) >= 11 is 7.26. The molecular weight excluding hydrogens is 308 g/mol. The Kier molecular flexibility index (Phi) is 5.20. The van der Waals surface area contributed by atoms with Crippen LogP contribution in [-0.2, 0) is 6.54 Å². The van der Waals surface area contributed by atoms with Gasteiger partial charge >= 0.3 is 5.69 Å². The molecule has 0 spiro atoms. The Bertz CT molecular complexity index is 471. The first-order valence-electron chi connectivity index (χ1n) is 5.14. The zero-order valence-electron chi connectivity index (χ0n) is 9.30. The van der Waals surface area contributed by atoms with Crippen molar-refractivity contribution < 1.29 is 4.92 Å². The summed E-state index contributed by atoms with van der Waals surface area (Å²) in [6.07, 6.45) is 3.78. The van der Waals surface area contributed by atoms with Crippen LogP contribution in [-0.4, -0.2) is 15.2 Å². The summed E-state index contributed by atoms with van der Waals surface area (Å²) < 4.78 is 1.87. The number of rotatable bonds is 5. The predicted molar refractivity (Wildman–Crippen MR) is 72.7 cm³/mol. The van der Waals surface area contributed by atoms with Gasteiger partial charge in [-0.3, -0.25) is 14.9 Å². The molecule has 1 atom stereocenters. The largest absolute Gasteiger partial charge is 0.347 e. The third-order valence-electron chi connectivity index (χ3n) is 2.52. The molecule has 0 aliphatic carbocycles. The Hall–Kier alpha value is -0.820. The number of aromatic nitrogens is 1. The second-order valence-corrected chi connectivity index (χ2v) is 4.95. The van der Waals surface area contributed by atoms with E-state index in [1.165, 1.54) is 6.20 Å². The van der Waals surface area contributed by atoms with Crippen LogP contribution < -0.4 is 5.43 Å². The van der Waals surface area contributed by atoms with Crippen LogP contribution in [0.2, 0.25) is 0 Å². The molecule has 17 heavy (non-hydrogen) atoms. The second-order valence-electron chi connectivity index (χ2n) is 3.73. The highest BCUT2D eigenvalue weighted by atomic mass is 79.9. The molecule has 0 bridgehead atoms. The van der Waals surface area contributed by atoms with E-state index in [2.05, 4.69) is 28.6 Å². The van der Waals surface area contributed by atoms with Crippen molar-refractivity contribution in [2.24, 2.45) is 5.92 Å². The summed E-state index contributed by atoms with van der Waals surface area (Å²) in [6.45, 7) is 2.65. The molecule has 0 saturated heterocycles. The summed E-state index contributed by atoms with van der Waals surface area (Å²) in [5.41, 5.74) is -1.00. The maximum Gasteiger partial charge on any atom is 0.333 e. The molecule has 1 aromatic heterocycles. The van der Waals surface area contributed by atoms with Crippen LogP contribution in [0.3, 0.4) is 0 Å². The van der Waals surface area contributed by atoms with E-state index < -0.39 is 16.0 Å². The summed E-state index contributed by atoms with van der Waals surface area (Å²) in [4.78, 5) is 21.5. The monoisotopic (exact) mass is 320 g/mol. The van der Waals surface area contributed by atoms with Crippen molar-refractivity contribution in [3.8, 4) is 0 Å². The van der Waals surface area contributed by atoms with E-state index in [-0.39, 0.29) is 4.47 Å². The maximum atomic E-state index is 11.5. The lowest BCUT2D eigenvalue weighted by Gasteiger charge is -2.14. The van der Waals surface area contributed by atoms with Crippen molar-refractivity contribution in [2.75, 3.05) is 5.75 Å². The first-order valence-corrected chi connectivity index (χ1v) is 6.57. The normalized spacial score (nSPS) is 12.4. The first kappa shape index (κ1) is 14.2. The van der Waals surface area contributed by atoms with Crippen LogP contribution in [0.4, 0.5) is 5.69 Å². The minimum Gasteiger partial charge on any atom is -0.347 e. The van der Waals surface area contributed by atoms with Crippen LogP contribution in [0.15, 0.2) is 21.7 Å². The highest BCUT2D eigenvalue weighted by Crippen LogP contribution is 2.14. The number of hydrogen-bond donors (Lipinski definition) is 1. The lowest BCUT2D eigenvalue weighted by molar-refractivity contribution is -0.386. The molecule has 1 unspecified atom stereocenters. The van der Waals surface area contributed by atoms with Gasteiger partial charge in [-0.15, -0.1) is 0 Å². The Morgan fingerprint density at radius 2 is 2.24 bits per heavy atom. The minimum atomic E-state index is -0.661. The lowest BCUT2D eigenvalue weighted by atomic mass is 10.1. The molecule has 5 nitrogen and oxygen atoms in total. The Morgan fingerprint density at radius 3 is 2.71 bits per heavy atom. The summed E-state index contributed by atoms with van der Waals surface area (Å²) in [5, 5.41) is 10.7. The quantitative estimate of drug-likeness (QED) is 0.515. The van der Waals surface area contributed by atoms with E-state index in [0.29, 0.717) is 18.2 Å². The fourth-order valence-electron chi connectivity index (χ4n) is 1.43. The number of thiol groups is 1. The molecule has 0 aliphatic heterocycles. The van der Waals surface area contributed by atoms with Gasteiger partial charge in [-0.25, -0.2) is 0 Å². The average molecular weight is 321 g/mol. The smallest absolute Gasteiger partial charge is 0.333 e. The topological polar surface area (TPSA) is 65.1 Å². The molecule has 1 heterocycles. The number of pyridine rings is 1. The molecule has 0 aliphatic rings. The van der Waals surface area contributed by atoms with E-state index in [0.717, 1.165) is 6.42 Å². The van der Waals surface area contributed by atoms with E-state index in [4.69, 9.17) is 0 Å². The molecule has 0 saturated carbocycles. The lowest BCUT2D eigenvalue weighted by Crippen LogP contribution is -2.17. The highest BCUT2D eigenvalue weighted by Gasteiger charge is 2.16. The van der Waals surface area contributed by atoms with Crippen molar-refractivity contribution in [1.29, 1.82) is 0 Å². The van der Waals surface area contributed by atoms with Gasteiger partial charge in [0, 0.05) is 12.7 Å². The number of halogens is 1. The van der Waals surface area contributed by atoms with Gasteiger partial charge in [-0.2, -0.15) is 12.6 Å². The van der Waals surface area contributed by atoms with E-state index in [1.54, 1.807) is 10.8 Å². The fraction of sp³-hybridized carbons (Fsp3) is 0.500. The molecule has 94 valence electrons. The molecule has 1 rings (SSSR count). The van der Waals surface area contributed by atoms with Gasteiger partial charge in [-0.1, -0.05) is 13.3 Å². The number of nitrogens with zero attached hydrogens (tertiary/aromatic N) is 2. The molecule has 7 heteroatoms. The van der Waals surface area contributed by atoms with Gasteiger partial charge in [0.1, 0.15) is 0 Å². The molecule has 1 aromatic rings. The maximum absolute atomic E-state index is 11.5. The summed E-state index contributed by atoms with van der Waals surface area (Å²) in [7, 11) is 0. The fourth-order valence-corrected chi connectivity index (χ4v) is 2.27. The first-order chi connectivity index (χ1) is 7.99. The molecule has 0 radical (unpaired) electrons. The average Bonchev–Trinajstić information content (AvgIpc) is 2.29. The van der Waals surface area contributed by atoms with E-state index in [1.807, 2.05) is 6.92 Å². The molecule has 0 fully saturated rings. The van der Waals surface area contributed by atoms with E-state index in [9.17, 15) is 14.9 Å². The summed E-state index contributed by atoms with van der Waals surface area (Å²) in [6, 6.07) is 0. The van der Waals surface area contributed by atoms with Crippen LogP contribution >= 0.6 is 28.6 Å². The van der Waals surface area contributed by atoms with E-state index >= 15 is 0 Å². The van der Waals surface area contributed by atoms with Crippen LogP contribution in [0, 0.1) is 16.0 Å². The standard InChI is InChI=1S/C10H13BrN2O3S/c1-2-7(6-17)3-12-4-8(11)10(14)9(5-12)13(15)16/h4-5,7,17H,2-3,6H2,1H3. The molecule has 0 amide bonds. The van der Waals surface area contributed by atoms with Crippen molar-refractivity contribution in [2.45, 2.75) is 19.9 Å². The minimum absolute atomic E-state index is 0.209. The SMILES string of the molecule is CCC(CS)Cn1cc(Br)c(=O)c([N+](=O)[O-])c1. The van der Waals surface area contributed by atoms with Gasteiger partial charge in [0.15, 0.2) is 0 Å². The van der Waals surface area contributed by atoms with Gasteiger partial charge in [-0.05, 0) is 27.6 Å². The van der Waals surface area contributed by atoms with Crippen molar-refractivity contribution in [1.82, 2.24) is 4.57 Å². The predicted octanol–water partition coefficient (Wildman–Crippen LogP) is 2.48. The zero-order valence-corrected chi connectivity index (χ0v) is 11.8. The molecule has 0 N–H and O–H groups in total. The van der Waals surface area contributed by atoms with Crippen LogP contribution in [0.5, 0.6) is 0 Å². The zero-order chi connectivity index (χ0) is 13.0. The second kappa shape index (κ2) is 6.20. The number of nitro groups is 1. The third-order valence-corrected chi connectivity index (χ3v) is 3.60. The van der Waals surface area contributed by atoms with Gasteiger partial charge in [0.05, 0.1) is 15.6 Å². The van der Waals surface area contributed by atoms with Crippen molar-refractivity contribution >= 4 is 34.2 Å². The summed E-state index contributed by atoms with van der Waals surface area (Å²) in [5.74, 6) is 1.03. The van der Waals surface area contributed by atoms with Crippen molar-refractivity contribution in [3.63, 3.8) is 0 Å². The number of hydrogen-bond acceptors (Lipinski definition) is 4. The Balaban J connectivity index is 3.10. The van der Waals surface area contributed by atoms with Crippen LogP contribution in [0.25, 0.3) is 0 Å².